The van der Waals surface area contributed by atoms with Crippen LogP contribution in [0, 0.1) is 0 Å². The monoisotopic (exact) mass is 330 g/mol. The summed E-state index contributed by atoms with van der Waals surface area (Å²) < 4.78 is 7.23. The SMILES string of the molecule is COc1ccc(CN[C@@H](C)c2cnn(C(C)C)c2)cc1NC(C)=O. The van der Waals surface area contributed by atoms with Gasteiger partial charge in [-0.15, -0.1) is 0 Å². The molecule has 1 aromatic carbocycles. The number of methoxy groups -OCH3 is 1. The maximum atomic E-state index is 11.3. The van der Waals surface area contributed by atoms with Crippen molar-refractivity contribution in [2.24, 2.45) is 0 Å². The third-order valence-corrected chi connectivity index (χ3v) is 3.84. The van der Waals surface area contributed by atoms with Gasteiger partial charge in [-0.05, 0) is 38.5 Å². The Bertz CT molecular complexity index is 694. The second-order valence-corrected chi connectivity index (χ2v) is 6.17. The Morgan fingerprint density at radius 1 is 1.33 bits per heavy atom. The summed E-state index contributed by atoms with van der Waals surface area (Å²) >= 11 is 0. The number of hydrogen-bond acceptors (Lipinski definition) is 4. The molecule has 0 saturated carbocycles. The summed E-state index contributed by atoms with van der Waals surface area (Å²) in [6.45, 7) is 8.49. The van der Waals surface area contributed by atoms with Crippen LogP contribution in [0.1, 0.15) is 50.9 Å². The van der Waals surface area contributed by atoms with Crippen molar-refractivity contribution in [2.75, 3.05) is 12.4 Å². The Hall–Kier alpha value is -2.34. The summed E-state index contributed by atoms with van der Waals surface area (Å²) in [6, 6.07) is 6.32. The highest BCUT2D eigenvalue weighted by molar-refractivity contribution is 5.90. The number of benzene rings is 1. The molecule has 0 spiro atoms. The molecule has 0 saturated heterocycles. The van der Waals surface area contributed by atoms with Crippen LogP contribution < -0.4 is 15.4 Å². The van der Waals surface area contributed by atoms with E-state index in [1.54, 1.807) is 7.11 Å². The Morgan fingerprint density at radius 2 is 2.08 bits per heavy atom. The molecule has 130 valence electrons. The van der Waals surface area contributed by atoms with Gasteiger partial charge in [-0.2, -0.15) is 5.10 Å². The van der Waals surface area contributed by atoms with Crippen molar-refractivity contribution in [3.05, 3.63) is 41.7 Å². The standard InChI is InChI=1S/C18H26N4O2/c1-12(2)22-11-16(10-20-22)13(3)19-9-15-6-7-18(24-5)17(8-15)21-14(4)23/h6-8,10-13,19H,9H2,1-5H3,(H,21,23)/t13-/m0/s1. The molecule has 2 N–H and O–H groups in total. The van der Waals surface area contributed by atoms with Crippen LogP contribution in [0.15, 0.2) is 30.6 Å². The Labute approximate surface area is 143 Å². The average Bonchev–Trinajstić information content (AvgIpc) is 3.02. The van der Waals surface area contributed by atoms with Crippen molar-refractivity contribution in [3.8, 4) is 5.75 Å². The molecule has 6 nitrogen and oxygen atoms in total. The van der Waals surface area contributed by atoms with Crippen LogP contribution in [0.3, 0.4) is 0 Å². The fourth-order valence-corrected chi connectivity index (χ4v) is 2.40. The number of carbonyl (C=O) groups excluding carboxylic acids is 1. The predicted molar refractivity (Wildman–Crippen MR) is 95.2 cm³/mol. The largest absolute Gasteiger partial charge is 0.495 e. The number of amides is 1. The van der Waals surface area contributed by atoms with Crippen LogP contribution in [0.4, 0.5) is 5.69 Å². The van der Waals surface area contributed by atoms with E-state index < -0.39 is 0 Å². The summed E-state index contributed by atoms with van der Waals surface area (Å²) in [7, 11) is 1.59. The van der Waals surface area contributed by atoms with E-state index in [2.05, 4.69) is 42.7 Å². The van der Waals surface area contributed by atoms with Crippen LogP contribution in [0.25, 0.3) is 0 Å². The number of aromatic nitrogens is 2. The Kier molecular flexibility index (Phi) is 5.98. The summed E-state index contributed by atoms with van der Waals surface area (Å²) in [5.74, 6) is 0.535. The van der Waals surface area contributed by atoms with Crippen molar-refractivity contribution in [1.82, 2.24) is 15.1 Å². The second kappa shape index (κ2) is 7.97. The lowest BCUT2D eigenvalue weighted by Crippen LogP contribution is -2.18. The van der Waals surface area contributed by atoms with E-state index in [0.717, 1.165) is 11.1 Å². The maximum absolute atomic E-state index is 11.3. The summed E-state index contributed by atoms with van der Waals surface area (Å²) in [5.41, 5.74) is 2.91. The zero-order chi connectivity index (χ0) is 17.7. The number of ether oxygens (including phenoxy) is 1. The number of carbonyl (C=O) groups is 1. The van der Waals surface area contributed by atoms with Crippen LogP contribution in [-0.2, 0) is 11.3 Å². The molecule has 0 aliphatic heterocycles. The minimum atomic E-state index is -0.118. The normalized spacial score (nSPS) is 12.2. The molecule has 1 aromatic heterocycles. The lowest BCUT2D eigenvalue weighted by Gasteiger charge is -2.14. The first-order chi connectivity index (χ1) is 11.4. The van der Waals surface area contributed by atoms with Gasteiger partial charge in [-0.25, -0.2) is 0 Å². The molecular formula is C18H26N4O2. The molecule has 24 heavy (non-hydrogen) atoms. The van der Waals surface area contributed by atoms with E-state index in [4.69, 9.17) is 4.74 Å². The maximum Gasteiger partial charge on any atom is 0.221 e. The zero-order valence-corrected chi connectivity index (χ0v) is 15.0. The van der Waals surface area contributed by atoms with Gasteiger partial charge in [0.25, 0.3) is 0 Å². The molecular weight excluding hydrogens is 304 g/mol. The predicted octanol–water partition coefficient (Wildman–Crippen LogP) is 3.28. The third-order valence-electron chi connectivity index (χ3n) is 3.84. The quantitative estimate of drug-likeness (QED) is 0.817. The van der Waals surface area contributed by atoms with E-state index in [0.29, 0.717) is 24.0 Å². The molecule has 0 radical (unpaired) electrons. The number of nitrogens with one attached hydrogen (secondary N) is 2. The Morgan fingerprint density at radius 3 is 2.67 bits per heavy atom. The summed E-state index contributed by atoms with van der Waals surface area (Å²) in [6.07, 6.45) is 3.97. The van der Waals surface area contributed by atoms with E-state index in [1.165, 1.54) is 6.92 Å². The van der Waals surface area contributed by atoms with Gasteiger partial charge in [-0.1, -0.05) is 6.07 Å². The van der Waals surface area contributed by atoms with E-state index in [-0.39, 0.29) is 11.9 Å². The molecule has 2 aromatic rings. The van der Waals surface area contributed by atoms with Crippen LogP contribution in [0.5, 0.6) is 5.75 Å². The van der Waals surface area contributed by atoms with Crippen LogP contribution in [0.2, 0.25) is 0 Å². The highest BCUT2D eigenvalue weighted by Gasteiger charge is 2.10. The summed E-state index contributed by atoms with van der Waals surface area (Å²) in [5, 5.41) is 10.6. The zero-order valence-electron chi connectivity index (χ0n) is 15.0. The number of hydrogen-bond donors (Lipinski definition) is 2. The van der Waals surface area contributed by atoms with Crippen molar-refractivity contribution >= 4 is 11.6 Å². The molecule has 6 heteroatoms. The fraction of sp³-hybridized carbons (Fsp3) is 0.444. The molecule has 2 rings (SSSR count). The van der Waals surface area contributed by atoms with Crippen LogP contribution in [-0.4, -0.2) is 22.8 Å². The molecule has 0 bridgehead atoms. The first-order valence-corrected chi connectivity index (χ1v) is 8.12. The van der Waals surface area contributed by atoms with Crippen molar-refractivity contribution in [3.63, 3.8) is 0 Å². The first kappa shape index (κ1) is 18.0. The van der Waals surface area contributed by atoms with Gasteiger partial charge in [0.2, 0.25) is 5.91 Å². The van der Waals surface area contributed by atoms with Gasteiger partial charge >= 0.3 is 0 Å². The molecule has 0 unspecified atom stereocenters. The van der Waals surface area contributed by atoms with Gasteiger partial charge in [0.1, 0.15) is 5.75 Å². The number of nitrogens with zero attached hydrogens (tertiary/aromatic N) is 2. The van der Waals surface area contributed by atoms with Crippen LogP contribution >= 0.6 is 0 Å². The third kappa shape index (κ3) is 4.58. The first-order valence-electron chi connectivity index (χ1n) is 8.12. The fourth-order valence-electron chi connectivity index (χ4n) is 2.40. The molecule has 0 fully saturated rings. The topological polar surface area (TPSA) is 68.2 Å². The van der Waals surface area contributed by atoms with E-state index in [1.807, 2.05) is 29.1 Å². The van der Waals surface area contributed by atoms with Crippen molar-refractivity contribution < 1.29 is 9.53 Å². The van der Waals surface area contributed by atoms with Gasteiger partial charge < -0.3 is 15.4 Å². The van der Waals surface area contributed by atoms with E-state index in [9.17, 15) is 4.79 Å². The highest BCUT2D eigenvalue weighted by Crippen LogP contribution is 2.26. The number of anilines is 1. The van der Waals surface area contributed by atoms with E-state index >= 15 is 0 Å². The van der Waals surface area contributed by atoms with Gasteiger partial charge in [0.15, 0.2) is 0 Å². The molecule has 0 aliphatic rings. The van der Waals surface area contributed by atoms with Gasteiger partial charge in [0.05, 0.1) is 19.0 Å². The van der Waals surface area contributed by atoms with Crippen molar-refractivity contribution in [1.29, 1.82) is 0 Å². The Balaban J connectivity index is 2.03. The van der Waals surface area contributed by atoms with Gasteiger partial charge in [0, 0.05) is 37.3 Å². The van der Waals surface area contributed by atoms with Gasteiger partial charge in [-0.3, -0.25) is 9.48 Å². The molecule has 0 aliphatic carbocycles. The lowest BCUT2D eigenvalue weighted by atomic mass is 10.1. The molecule has 1 heterocycles. The smallest absolute Gasteiger partial charge is 0.221 e. The molecule has 1 atom stereocenters. The summed E-state index contributed by atoms with van der Waals surface area (Å²) in [4.78, 5) is 11.3. The average molecular weight is 330 g/mol. The van der Waals surface area contributed by atoms with Crippen molar-refractivity contribution in [2.45, 2.75) is 46.3 Å². The minimum absolute atomic E-state index is 0.118. The lowest BCUT2D eigenvalue weighted by molar-refractivity contribution is -0.114. The second-order valence-electron chi connectivity index (χ2n) is 6.17. The number of rotatable bonds is 7. The molecule has 1 amide bonds. The highest BCUT2D eigenvalue weighted by atomic mass is 16.5. The minimum Gasteiger partial charge on any atom is -0.495 e.